The van der Waals surface area contributed by atoms with Gasteiger partial charge in [-0.3, -0.25) is 0 Å². The maximum absolute atomic E-state index is 9.02. The molecule has 0 bridgehead atoms. The standard InChI is InChI=1S/C11H19N3OS/c1-4-5-12-10-9(3)11(14-7-13-10)16-8(2)6-15/h7-8,15H,4-6H2,1-3H3,(H,12,13,14). The van der Waals surface area contributed by atoms with Gasteiger partial charge in [0.05, 0.1) is 6.61 Å². The summed E-state index contributed by atoms with van der Waals surface area (Å²) in [5.74, 6) is 0.893. The van der Waals surface area contributed by atoms with Gasteiger partial charge in [0.15, 0.2) is 0 Å². The second-order valence-electron chi connectivity index (χ2n) is 3.69. The molecule has 1 heterocycles. The van der Waals surface area contributed by atoms with E-state index in [1.165, 1.54) is 0 Å². The first-order valence-electron chi connectivity index (χ1n) is 5.52. The first-order valence-corrected chi connectivity index (χ1v) is 6.40. The minimum atomic E-state index is 0.159. The molecule has 5 heteroatoms. The van der Waals surface area contributed by atoms with Gasteiger partial charge >= 0.3 is 0 Å². The van der Waals surface area contributed by atoms with E-state index in [2.05, 4.69) is 22.2 Å². The molecule has 1 aromatic heterocycles. The summed E-state index contributed by atoms with van der Waals surface area (Å²) in [6.45, 7) is 7.17. The Kier molecular flexibility index (Phi) is 5.55. The van der Waals surface area contributed by atoms with E-state index in [-0.39, 0.29) is 11.9 Å². The number of hydrogen-bond donors (Lipinski definition) is 2. The highest BCUT2D eigenvalue weighted by Crippen LogP contribution is 2.26. The highest BCUT2D eigenvalue weighted by molar-refractivity contribution is 7.99. The highest BCUT2D eigenvalue weighted by atomic mass is 32.2. The van der Waals surface area contributed by atoms with Crippen LogP contribution in [-0.2, 0) is 0 Å². The van der Waals surface area contributed by atoms with E-state index in [9.17, 15) is 0 Å². The van der Waals surface area contributed by atoms with E-state index in [0.29, 0.717) is 0 Å². The predicted octanol–water partition coefficient (Wildman–Crippen LogP) is 2.08. The lowest BCUT2D eigenvalue weighted by molar-refractivity contribution is 0.300. The monoisotopic (exact) mass is 241 g/mol. The zero-order valence-electron chi connectivity index (χ0n) is 10.0. The highest BCUT2D eigenvalue weighted by Gasteiger charge is 2.10. The van der Waals surface area contributed by atoms with Gasteiger partial charge in [0.2, 0.25) is 0 Å². The number of aliphatic hydroxyl groups excluding tert-OH is 1. The summed E-state index contributed by atoms with van der Waals surface area (Å²) in [6, 6.07) is 0. The molecule has 16 heavy (non-hydrogen) atoms. The topological polar surface area (TPSA) is 58.0 Å². The van der Waals surface area contributed by atoms with Crippen molar-refractivity contribution in [3.05, 3.63) is 11.9 Å². The molecule has 0 amide bonds. The fourth-order valence-corrected chi connectivity index (χ4v) is 2.04. The van der Waals surface area contributed by atoms with Crippen LogP contribution < -0.4 is 5.32 Å². The Morgan fingerprint density at radius 1 is 1.50 bits per heavy atom. The zero-order chi connectivity index (χ0) is 12.0. The minimum Gasteiger partial charge on any atom is -0.395 e. The van der Waals surface area contributed by atoms with Crippen LogP contribution in [0.2, 0.25) is 0 Å². The third-order valence-corrected chi connectivity index (χ3v) is 3.34. The molecule has 4 nitrogen and oxygen atoms in total. The number of rotatable bonds is 6. The summed E-state index contributed by atoms with van der Waals surface area (Å²) >= 11 is 1.58. The van der Waals surface area contributed by atoms with E-state index >= 15 is 0 Å². The molecular formula is C11H19N3OS. The smallest absolute Gasteiger partial charge is 0.133 e. The lowest BCUT2D eigenvalue weighted by Crippen LogP contribution is -2.07. The molecular weight excluding hydrogens is 222 g/mol. The number of anilines is 1. The molecule has 1 unspecified atom stereocenters. The van der Waals surface area contributed by atoms with Crippen LogP contribution >= 0.6 is 11.8 Å². The average Bonchev–Trinajstić information content (AvgIpc) is 2.30. The summed E-state index contributed by atoms with van der Waals surface area (Å²) < 4.78 is 0. The minimum absolute atomic E-state index is 0.159. The van der Waals surface area contributed by atoms with Gasteiger partial charge in [-0.05, 0) is 13.3 Å². The molecule has 0 fully saturated rings. The fraction of sp³-hybridized carbons (Fsp3) is 0.636. The molecule has 0 saturated heterocycles. The Bertz CT molecular complexity index is 333. The number of aromatic nitrogens is 2. The van der Waals surface area contributed by atoms with Crippen LogP contribution in [0.25, 0.3) is 0 Å². The molecule has 1 aromatic rings. The quantitative estimate of drug-likeness (QED) is 0.590. The molecule has 90 valence electrons. The zero-order valence-corrected chi connectivity index (χ0v) is 10.8. The van der Waals surface area contributed by atoms with Gasteiger partial charge in [-0.1, -0.05) is 13.8 Å². The Labute approximate surface area is 101 Å². The summed E-state index contributed by atoms with van der Waals surface area (Å²) in [7, 11) is 0. The van der Waals surface area contributed by atoms with Crippen molar-refractivity contribution < 1.29 is 5.11 Å². The normalized spacial score (nSPS) is 12.5. The molecule has 1 atom stereocenters. The predicted molar refractivity (Wildman–Crippen MR) is 68.0 cm³/mol. The third-order valence-electron chi connectivity index (χ3n) is 2.15. The summed E-state index contributed by atoms with van der Waals surface area (Å²) in [4.78, 5) is 8.45. The van der Waals surface area contributed by atoms with Crippen molar-refractivity contribution in [3.63, 3.8) is 0 Å². The number of aliphatic hydroxyl groups is 1. The van der Waals surface area contributed by atoms with E-state index in [0.717, 1.165) is 29.4 Å². The Morgan fingerprint density at radius 2 is 2.25 bits per heavy atom. The van der Waals surface area contributed by atoms with Gasteiger partial charge < -0.3 is 10.4 Å². The lowest BCUT2D eigenvalue weighted by Gasteiger charge is -2.12. The van der Waals surface area contributed by atoms with Gasteiger partial charge in [0.25, 0.3) is 0 Å². The van der Waals surface area contributed by atoms with E-state index < -0.39 is 0 Å². The van der Waals surface area contributed by atoms with Gasteiger partial charge in [0, 0.05) is 17.4 Å². The second-order valence-corrected chi connectivity index (χ2v) is 5.12. The van der Waals surface area contributed by atoms with Crippen LogP contribution in [0.4, 0.5) is 5.82 Å². The third kappa shape index (κ3) is 3.64. The molecule has 0 spiro atoms. The molecule has 0 saturated carbocycles. The number of nitrogens with zero attached hydrogens (tertiary/aromatic N) is 2. The Hall–Kier alpha value is -0.810. The first-order chi connectivity index (χ1) is 7.69. The van der Waals surface area contributed by atoms with Gasteiger partial charge in [-0.15, -0.1) is 11.8 Å². The van der Waals surface area contributed by atoms with Crippen LogP contribution in [0.15, 0.2) is 11.4 Å². The maximum atomic E-state index is 9.02. The van der Waals surface area contributed by atoms with Crippen molar-refractivity contribution in [1.82, 2.24) is 9.97 Å². The van der Waals surface area contributed by atoms with Crippen LogP contribution in [-0.4, -0.2) is 33.5 Å². The van der Waals surface area contributed by atoms with Gasteiger partial charge in [-0.25, -0.2) is 9.97 Å². The number of nitrogens with one attached hydrogen (secondary N) is 1. The van der Waals surface area contributed by atoms with E-state index in [4.69, 9.17) is 5.11 Å². The number of thioether (sulfide) groups is 1. The largest absolute Gasteiger partial charge is 0.395 e. The Balaban J connectivity index is 2.77. The lowest BCUT2D eigenvalue weighted by atomic mass is 10.3. The van der Waals surface area contributed by atoms with Crippen molar-refractivity contribution in [2.45, 2.75) is 37.5 Å². The van der Waals surface area contributed by atoms with Crippen molar-refractivity contribution in [3.8, 4) is 0 Å². The molecule has 0 aliphatic heterocycles. The first kappa shape index (κ1) is 13.3. The molecule has 0 aliphatic carbocycles. The SMILES string of the molecule is CCCNc1ncnc(SC(C)CO)c1C. The van der Waals surface area contributed by atoms with Gasteiger partial charge in [-0.2, -0.15) is 0 Å². The van der Waals surface area contributed by atoms with E-state index in [1.807, 2.05) is 13.8 Å². The van der Waals surface area contributed by atoms with Crippen LogP contribution in [0.3, 0.4) is 0 Å². The van der Waals surface area contributed by atoms with Crippen molar-refractivity contribution in [2.24, 2.45) is 0 Å². The van der Waals surface area contributed by atoms with Crippen molar-refractivity contribution in [2.75, 3.05) is 18.5 Å². The molecule has 0 aromatic carbocycles. The number of hydrogen-bond acceptors (Lipinski definition) is 5. The molecule has 2 N–H and O–H groups in total. The fourth-order valence-electron chi connectivity index (χ4n) is 1.20. The second kappa shape index (κ2) is 6.70. The van der Waals surface area contributed by atoms with Gasteiger partial charge in [0.1, 0.15) is 17.2 Å². The average molecular weight is 241 g/mol. The summed E-state index contributed by atoms with van der Waals surface area (Å²) in [6.07, 6.45) is 2.64. The molecule has 1 rings (SSSR count). The van der Waals surface area contributed by atoms with Crippen molar-refractivity contribution in [1.29, 1.82) is 0 Å². The van der Waals surface area contributed by atoms with Crippen LogP contribution in [0, 0.1) is 6.92 Å². The summed E-state index contributed by atoms with van der Waals surface area (Å²) in [5, 5.41) is 13.4. The Morgan fingerprint density at radius 3 is 2.88 bits per heavy atom. The summed E-state index contributed by atoms with van der Waals surface area (Å²) in [5.41, 5.74) is 1.06. The van der Waals surface area contributed by atoms with Crippen LogP contribution in [0.1, 0.15) is 25.8 Å². The maximum Gasteiger partial charge on any atom is 0.133 e. The molecule has 0 aliphatic rings. The van der Waals surface area contributed by atoms with E-state index in [1.54, 1.807) is 18.1 Å². The van der Waals surface area contributed by atoms with Crippen molar-refractivity contribution >= 4 is 17.6 Å². The van der Waals surface area contributed by atoms with Crippen LogP contribution in [0.5, 0.6) is 0 Å². The molecule has 0 radical (unpaired) electrons.